The van der Waals surface area contributed by atoms with Gasteiger partial charge in [0.2, 0.25) is 0 Å². The third-order valence-electron chi connectivity index (χ3n) is 1.82. The highest BCUT2D eigenvalue weighted by Gasteiger charge is 2.09. The molecule has 0 saturated heterocycles. The van der Waals surface area contributed by atoms with E-state index >= 15 is 0 Å². The molecule has 0 spiro atoms. The summed E-state index contributed by atoms with van der Waals surface area (Å²) in [4.78, 5) is 4.06. The smallest absolute Gasteiger partial charge is 0.134 e. The Balaban J connectivity index is 3.40. The van der Waals surface area contributed by atoms with Gasteiger partial charge in [-0.15, -0.1) is 0 Å². The van der Waals surface area contributed by atoms with Crippen LogP contribution in [0.5, 0.6) is 0 Å². The van der Waals surface area contributed by atoms with Crippen LogP contribution in [-0.2, 0) is 6.54 Å². The third-order valence-corrected chi connectivity index (χ3v) is 2.69. The van der Waals surface area contributed by atoms with Gasteiger partial charge in [0.1, 0.15) is 5.15 Å². The van der Waals surface area contributed by atoms with Gasteiger partial charge in [0.15, 0.2) is 0 Å². The van der Waals surface area contributed by atoms with Gasteiger partial charge in [-0.1, -0.05) is 23.2 Å². The van der Waals surface area contributed by atoms with Crippen LogP contribution < -0.4 is 5.73 Å². The molecule has 0 aliphatic heterocycles. The number of aromatic nitrogens is 1. The SMILES string of the molecule is Cc1nc(Cl)c(CN)c(C)c1Cl. The van der Waals surface area contributed by atoms with Crippen molar-refractivity contribution in [2.24, 2.45) is 5.73 Å². The van der Waals surface area contributed by atoms with Crippen molar-refractivity contribution in [2.45, 2.75) is 20.4 Å². The van der Waals surface area contributed by atoms with E-state index in [1.807, 2.05) is 13.8 Å². The standard InChI is InChI=1S/C8H10Cl2N2/c1-4-6(3-11)8(10)12-5(2)7(4)9/h3,11H2,1-2H3. The van der Waals surface area contributed by atoms with Crippen LogP contribution in [0.3, 0.4) is 0 Å². The van der Waals surface area contributed by atoms with Crippen molar-refractivity contribution in [2.75, 3.05) is 0 Å². The second-order valence-electron chi connectivity index (χ2n) is 2.61. The van der Waals surface area contributed by atoms with Crippen LogP contribution >= 0.6 is 23.2 Å². The highest BCUT2D eigenvalue weighted by molar-refractivity contribution is 6.33. The number of rotatable bonds is 1. The molecule has 12 heavy (non-hydrogen) atoms. The van der Waals surface area contributed by atoms with Crippen LogP contribution in [0.1, 0.15) is 16.8 Å². The molecule has 0 aliphatic rings. The average Bonchev–Trinajstić information content (AvgIpc) is 2.01. The Bertz CT molecular complexity index is 310. The summed E-state index contributed by atoms with van der Waals surface area (Å²) in [6, 6.07) is 0. The van der Waals surface area contributed by atoms with Crippen molar-refractivity contribution in [3.63, 3.8) is 0 Å². The van der Waals surface area contributed by atoms with Gasteiger partial charge in [0, 0.05) is 12.1 Å². The summed E-state index contributed by atoms with van der Waals surface area (Å²) in [5.41, 5.74) is 7.99. The number of hydrogen-bond donors (Lipinski definition) is 1. The van der Waals surface area contributed by atoms with E-state index < -0.39 is 0 Å². The highest BCUT2D eigenvalue weighted by atomic mass is 35.5. The van der Waals surface area contributed by atoms with E-state index in [0.29, 0.717) is 16.7 Å². The Kier molecular flexibility index (Phi) is 2.94. The fraction of sp³-hybridized carbons (Fsp3) is 0.375. The van der Waals surface area contributed by atoms with E-state index in [2.05, 4.69) is 4.98 Å². The lowest BCUT2D eigenvalue weighted by atomic mass is 10.1. The van der Waals surface area contributed by atoms with Crippen LogP contribution in [0.25, 0.3) is 0 Å². The molecule has 0 saturated carbocycles. The fourth-order valence-corrected chi connectivity index (χ4v) is 1.56. The Morgan fingerprint density at radius 1 is 1.33 bits per heavy atom. The molecule has 0 fully saturated rings. The van der Waals surface area contributed by atoms with E-state index in [4.69, 9.17) is 28.9 Å². The highest BCUT2D eigenvalue weighted by Crippen LogP contribution is 2.26. The van der Waals surface area contributed by atoms with Crippen molar-refractivity contribution >= 4 is 23.2 Å². The number of hydrogen-bond acceptors (Lipinski definition) is 2. The predicted molar refractivity (Wildman–Crippen MR) is 51.6 cm³/mol. The van der Waals surface area contributed by atoms with Gasteiger partial charge in [-0.25, -0.2) is 4.98 Å². The molecule has 0 amide bonds. The van der Waals surface area contributed by atoms with Crippen LogP contribution in [0.4, 0.5) is 0 Å². The van der Waals surface area contributed by atoms with Gasteiger partial charge in [0.25, 0.3) is 0 Å². The number of aryl methyl sites for hydroxylation is 1. The molecule has 0 bridgehead atoms. The molecule has 0 aromatic carbocycles. The molecule has 2 N–H and O–H groups in total. The molecule has 1 aromatic heterocycles. The Morgan fingerprint density at radius 2 is 1.92 bits per heavy atom. The lowest BCUT2D eigenvalue weighted by molar-refractivity contribution is 1.01. The maximum absolute atomic E-state index is 5.96. The third kappa shape index (κ3) is 1.56. The molecule has 4 heteroatoms. The summed E-state index contributed by atoms with van der Waals surface area (Å²) in [6.45, 7) is 4.09. The monoisotopic (exact) mass is 204 g/mol. The van der Waals surface area contributed by atoms with Gasteiger partial charge in [-0.2, -0.15) is 0 Å². The van der Waals surface area contributed by atoms with Gasteiger partial charge in [0.05, 0.1) is 10.7 Å². The summed E-state index contributed by atoms with van der Waals surface area (Å²) >= 11 is 11.8. The summed E-state index contributed by atoms with van der Waals surface area (Å²) in [6.07, 6.45) is 0. The molecule has 66 valence electrons. The van der Waals surface area contributed by atoms with Crippen molar-refractivity contribution in [3.8, 4) is 0 Å². The van der Waals surface area contributed by atoms with E-state index in [1.165, 1.54) is 0 Å². The van der Waals surface area contributed by atoms with E-state index in [1.54, 1.807) is 0 Å². The molecular weight excluding hydrogens is 195 g/mol. The predicted octanol–water partition coefficient (Wildman–Crippen LogP) is 2.46. The summed E-state index contributed by atoms with van der Waals surface area (Å²) in [7, 11) is 0. The molecule has 0 radical (unpaired) electrons. The molecule has 1 heterocycles. The molecule has 0 atom stereocenters. The van der Waals surface area contributed by atoms with Crippen molar-refractivity contribution in [1.29, 1.82) is 0 Å². The number of nitrogens with zero attached hydrogens (tertiary/aromatic N) is 1. The van der Waals surface area contributed by atoms with Crippen molar-refractivity contribution in [3.05, 3.63) is 27.0 Å². The minimum absolute atomic E-state index is 0.373. The van der Waals surface area contributed by atoms with E-state index in [-0.39, 0.29) is 0 Å². The fourth-order valence-electron chi connectivity index (χ4n) is 1.06. The average molecular weight is 205 g/mol. The maximum atomic E-state index is 5.96. The first-order valence-corrected chi connectivity index (χ1v) is 4.34. The van der Waals surface area contributed by atoms with Crippen LogP contribution in [0.2, 0.25) is 10.2 Å². The zero-order valence-electron chi connectivity index (χ0n) is 6.99. The van der Waals surface area contributed by atoms with Gasteiger partial charge >= 0.3 is 0 Å². The normalized spacial score (nSPS) is 10.4. The zero-order chi connectivity index (χ0) is 9.30. The molecule has 0 aliphatic carbocycles. The van der Waals surface area contributed by atoms with Crippen LogP contribution in [-0.4, -0.2) is 4.98 Å². The quantitative estimate of drug-likeness (QED) is 0.715. The van der Waals surface area contributed by atoms with E-state index in [9.17, 15) is 0 Å². The molecule has 1 aromatic rings. The molecule has 0 unspecified atom stereocenters. The summed E-state index contributed by atoms with van der Waals surface area (Å²) in [5.74, 6) is 0. The molecule has 1 rings (SSSR count). The van der Waals surface area contributed by atoms with Crippen LogP contribution in [0.15, 0.2) is 0 Å². The lowest BCUT2D eigenvalue weighted by Gasteiger charge is -2.08. The number of halogens is 2. The first kappa shape index (κ1) is 9.78. The number of pyridine rings is 1. The molecule has 2 nitrogen and oxygen atoms in total. The molecular formula is C8H10Cl2N2. The Hall–Kier alpha value is -0.310. The second kappa shape index (κ2) is 3.60. The second-order valence-corrected chi connectivity index (χ2v) is 3.35. The van der Waals surface area contributed by atoms with E-state index in [0.717, 1.165) is 16.8 Å². The lowest BCUT2D eigenvalue weighted by Crippen LogP contribution is -2.03. The Labute approximate surface area is 81.7 Å². The minimum atomic E-state index is 0.373. The van der Waals surface area contributed by atoms with Crippen molar-refractivity contribution < 1.29 is 0 Å². The summed E-state index contributed by atoms with van der Waals surface area (Å²) in [5, 5.41) is 1.11. The minimum Gasteiger partial charge on any atom is -0.326 e. The topological polar surface area (TPSA) is 38.9 Å². The number of nitrogens with two attached hydrogens (primary N) is 1. The van der Waals surface area contributed by atoms with Gasteiger partial charge in [-0.05, 0) is 19.4 Å². The summed E-state index contributed by atoms with van der Waals surface area (Å²) < 4.78 is 0. The van der Waals surface area contributed by atoms with Gasteiger partial charge < -0.3 is 5.73 Å². The zero-order valence-corrected chi connectivity index (χ0v) is 8.50. The van der Waals surface area contributed by atoms with Gasteiger partial charge in [-0.3, -0.25) is 0 Å². The first-order valence-electron chi connectivity index (χ1n) is 3.59. The first-order chi connectivity index (χ1) is 5.57. The largest absolute Gasteiger partial charge is 0.326 e. The Morgan fingerprint density at radius 3 is 2.42 bits per heavy atom. The van der Waals surface area contributed by atoms with Crippen LogP contribution in [0, 0.1) is 13.8 Å². The maximum Gasteiger partial charge on any atom is 0.134 e. The van der Waals surface area contributed by atoms with Crippen molar-refractivity contribution in [1.82, 2.24) is 4.98 Å².